The van der Waals surface area contributed by atoms with Crippen LogP contribution in [-0.2, 0) is 4.79 Å². The maximum absolute atomic E-state index is 12.8. The summed E-state index contributed by atoms with van der Waals surface area (Å²) < 4.78 is 0. The summed E-state index contributed by atoms with van der Waals surface area (Å²) in [5.41, 5.74) is 2.40. The standard InChI is InChI=1S/C18H18N2OS/c1-3-7-17-16(12-15-11-10-13(2)22-15)18(21)20(19-17)14-8-5-4-6-9-14/h4-6,8-12H,3,7H2,1-2H3/b16-12+. The second-order valence-electron chi connectivity index (χ2n) is 5.26. The number of hydrogen-bond acceptors (Lipinski definition) is 3. The molecule has 1 amide bonds. The molecule has 0 unspecified atom stereocenters. The van der Waals surface area contributed by atoms with Gasteiger partial charge in [0, 0.05) is 9.75 Å². The molecule has 1 aromatic carbocycles. The van der Waals surface area contributed by atoms with E-state index in [4.69, 9.17) is 0 Å². The fourth-order valence-corrected chi connectivity index (χ4v) is 3.26. The van der Waals surface area contributed by atoms with Crippen molar-refractivity contribution in [2.75, 3.05) is 5.01 Å². The summed E-state index contributed by atoms with van der Waals surface area (Å²) >= 11 is 1.69. The van der Waals surface area contributed by atoms with Gasteiger partial charge in [-0.1, -0.05) is 31.5 Å². The summed E-state index contributed by atoms with van der Waals surface area (Å²) in [5, 5.41) is 6.06. The van der Waals surface area contributed by atoms with Gasteiger partial charge in [-0.2, -0.15) is 10.1 Å². The van der Waals surface area contributed by atoms with Crippen LogP contribution in [0.5, 0.6) is 0 Å². The van der Waals surface area contributed by atoms with Gasteiger partial charge < -0.3 is 0 Å². The van der Waals surface area contributed by atoms with Crippen LogP contribution in [0.4, 0.5) is 5.69 Å². The molecule has 2 heterocycles. The Hall–Kier alpha value is -2.20. The van der Waals surface area contributed by atoms with E-state index in [1.807, 2.05) is 36.4 Å². The van der Waals surface area contributed by atoms with Crippen molar-refractivity contribution in [1.29, 1.82) is 0 Å². The number of rotatable bonds is 4. The molecule has 0 aliphatic carbocycles. The second kappa shape index (κ2) is 6.28. The lowest BCUT2D eigenvalue weighted by atomic mass is 10.1. The molecule has 0 saturated heterocycles. The molecule has 1 aromatic heterocycles. The number of anilines is 1. The van der Waals surface area contributed by atoms with Crippen molar-refractivity contribution in [3.05, 3.63) is 57.8 Å². The first-order valence-electron chi connectivity index (χ1n) is 7.44. The molecule has 0 atom stereocenters. The summed E-state index contributed by atoms with van der Waals surface area (Å²) in [6.45, 7) is 4.17. The minimum Gasteiger partial charge on any atom is -0.267 e. The van der Waals surface area contributed by atoms with Gasteiger partial charge in [0.2, 0.25) is 0 Å². The van der Waals surface area contributed by atoms with Crippen molar-refractivity contribution in [3.8, 4) is 0 Å². The maximum atomic E-state index is 12.8. The highest BCUT2D eigenvalue weighted by Gasteiger charge is 2.30. The monoisotopic (exact) mass is 310 g/mol. The Morgan fingerprint density at radius 2 is 1.95 bits per heavy atom. The van der Waals surface area contributed by atoms with Crippen molar-refractivity contribution >= 4 is 34.7 Å². The topological polar surface area (TPSA) is 32.7 Å². The molecule has 0 N–H and O–H groups in total. The van der Waals surface area contributed by atoms with Gasteiger partial charge in [-0.3, -0.25) is 4.79 Å². The zero-order chi connectivity index (χ0) is 15.5. The van der Waals surface area contributed by atoms with Crippen molar-refractivity contribution in [2.24, 2.45) is 5.10 Å². The van der Waals surface area contributed by atoms with Gasteiger partial charge in [0.05, 0.1) is 17.0 Å². The molecule has 3 rings (SSSR count). The van der Waals surface area contributed by atoms with Crippen LogP contribution in [-0.4, -0.2) is 11.6 Å². The van der Waals surface area contributed by atoms with Crippen LogP contribution in [0, 0.1) is 6.92 Å². The van der Waals surface area contributed by atoms with Crippen LogP contribution in [0.1, 0.15) is 29.5 Å². The predicted octanol–water partition coefficient (Wildman–Crippen LogP) is 4.64. The molecule has 0 fully saturated rings. The van der Waals surface area contributed by atoms with E-state index in [0.29, 0.717) is 5.57 Å². The average Bonchev–Trinajstić information content (AvgIpc) is 3.07. The first kappa shape index (κ1) is 14.7. The Bertz CT molecular complexity index is 743. The first-order valence-corrected chi connectivity index (χ1v) is 8.26. The Labute approximate surface area is 134 Å². The fourth-order valence-electron chi connectivity index (χ4n) is 2.44. The van der Waals surface area contributed by atoms with Gasteiger partial charge in [0.15, 0.2) is 0 Å². The first-order chi connectivity index (χ1) is 10.7. The number of aryl methyl sites for hydroxylation is 1. The third-order valence-electron chi connectivity index (χ3n) is 3.49. The number of carbonyl (C=O) groups excluding carboxylic acids is 1. The van der Waals surface area contributed by atoms with Crippen LogP contribution in [0.25, 0.3) is 6.08 Å². The number of hydrogen-bond donors (Lipinski definition) is 0. The van der Waals surface area contributed by atoms with Crippen molar-refractivity contribution in [2.45, 2.75) is 26.7 Å². The predicted molar refractivity (Wildman–Crippen MR) is 93.3 cm³/mol. The Morgan fingerprint density at radius 3 is 2.59 bits per heavy atom. The molecule has 3 nitrogen and oxygen atoms in total. The number of para-hydroxylation sites is 1. The van der Waals surface area contributed by atoms with Gasteiger partial charge >= 0.3 is 0 Å². The van der Waals surface area contributed by atoms with E-state index < -0.39 is 0 Å². The Balaban J connectivity index is 1.98. The summed E-state index contributed by atoms with van der Waals surface area (Å²) in [7, 11) is 0. The summed E-state index contributed by atoms with van der Waals surface area (Å²) in [6.07, 6.45) is 3.75. The smallest absolute Gasteiger partial charge is 0.267 e. The second-order valence-corrected chi connectivity index (χ2v) is 6.58. The Morgan fingerprint density at radius 1 is 1.18 bits per heavy atom. The third kappa shape index (κ3) is 2.88. The van der Waals surface area contributed by atoms with E-state index in [2.05, 4.69) is 31.1 Å². The highest BCUT2D eigenvalue weighted by atomic mass is 32.1. The van der Waals surface area contributed by atoms with Crippen LogP contribution in [0.3, 0.4) is 0 Å². The molecule has 4 heteroatoms. The van der Waals surface area contributed by atoms with Crippen LogP contribution >= 0.6 is 11.3 Å². The van der Waals surface area contributed by atoms with Gasteiger partial charge in [-0.15, -0.1) is 11.3 Å². The molecule has 0 saturated carbocycles. The SMILES string of the molecule is CCCC1=NN(c2ccccc2)C(=O)/C1=C/c1ccc(C)s1. The number of hydrazone groups is 1. The van der Waals surface area contributed by atoms with E-state index in [0.717, 1.165) is 29.1 Å². The van der Waals surface area contributed by atoms with E-state index in [9.17, 15) is 4.79 Å². The minimum absolute atomic E-state index is 0.0410. The number of thiophene rings is 1. The van der Waals surface area contributed by atoms with E-state index in [1.54, 1.807) is 11.3 Å². The maximum Gasteiger partial charge on any atom is 0.280 e. The molecule has 1 aliphatic rings. The average molecular weight is 310 g/mol. The lowest BCUT2D eigenvalue weighted by Crippen LogP contribution is -2.21. The fraction of sp³-hybridized carbons (Fsp3) is 0.222. The molecule has 2 aromatic rings. The summed E-state index contributed by atoms with van der Waals surface area (Å²) in [5.74, 6) is -0.0410. The zero-order valence-electron chi connectivity index (χ0n) is 12.7. The van der Waals surface area contributed by atoms with Gasteiger partial charge in [-0.05, 0) is 43.7 Å². The van der Waals surface area contributed by atoms with E-state index in [-0.39, 0.29) is 5.91 Å². The molecular formula is C18H18N2OS. The summed E-state index contributed by atoms with van der Waals surface area (Å²) in [6, 6.07) is 13.7. The molecule has 0 bridgehead atoms. The lowest BCUT2D eigenvalue weighted by molar-refractivity contribution is -0.114. The third-order valence-corrected chi connectivity index (χ3v) is 4.44. The molecule has 0 spiro atoms. The highest BCUT2D eigenvalue weighted by Crippen LogP contribution is 2.28. The van der Waals surface area contributed by atoms with Crippen LogP contribution in [0.15, 0.2) is 53.1 Å². The Kier molecular flexibility index (Phi) is 4.20. The molecule has 0 radical (unpaired) electrons. The minimum atomic E-state index is -0.0410. The van der Waals surface area contributed by atoms with Crippen molar-refractivity contribution in [3.63, 3.8) is 0 Å². The van der Waals surface area contributed by atoms with Gasteiger partial charge in [0.1, 0.15) is 0 Å². The molecular weight excluding hydrogens is 292 g/mol. The molecule has 112 valence electrons. The van der Waals surface area contributed by atoms with E-state index in [1.165, 1.54) is 9.89 Å². The van der Waals surface area contributed by atoms with E-state index >= 15 is 0 Å². The number of carbonyl (C=O) groups is 1. The lowest BCUT2D eigenvalue weighted by Gasteiger charge is -2.10. The number of benzene rings is 1. The largest absolute Gasteiger partial charge is 0.280 e. The molecule has 1 aliphatic heterocycles. The summed E-state index contributed by atoms with van der Waals surface area (Å²) in [4.78, 5) is 15.1. The highest BCUT2D eigenvalue weighted by molar-refractivity contribution is 7.12. The van der Waals surface area contributed by atoms with Crippen molar-refractivity contribution in [1.82, 2.24) is 0 Å². The van der Waals surface area contributed by atoms with Crippen LogP contribution < -0.4 is 5.01 Å². The number of nitrogens with zero attached hydrogens (tertiary/aromatic N) is 2. The quantitative estimate of drug-likeness (QED) is 0.757. The van der Waals surface area contributed by atoms with Gasteiger partial charge in [0.25, 0.3) is 5.91 Å². The van der Waals surface area contributed by atoms with Gasteiger partial charge in [-0.25, -0.2) is 0 Å². The normalized spacial score (nSPS) is 16.5. The molecule has 22 heavy (non-hydrogen) atoms. The zero-order valence-corrected chi connectivity index (χ0v) is 13.6. The van der Waals surface area contributed by atoms with Crippen molar-refractivity contribution < 1.29 is 4.79 Å². The van der Waals surface area contributed by atoms with Crippen LogP contribution in [0.2, 0.25) is 0 Å². The number of amides is 1.